The fraction of sp³-hybridized carbons (Fsp3) is 0.273. The first-order valence-corrected chi connectivity index (χ1v) is 9.88. The predicted molar refractivity (Wildman–Crippen MR) is 112 cm³/mol. The van der Waals surface area contributed by atoms with Gasteiger partial charge in [0.1, 0.15) is 5.75 Å². The number of nitro benzene ring substituents is 1. The Morgan fingerprint density at radius 3 is 2.63 bits per heavy atom. The average Bonchev–Trinajstić information content (AvgIpc) is 2.95. The highest BCUT2D eigenvalue weighted by Crippen LogP contribution is 2.31. The van der Waals surface area contributed by atoms with E-state index in [0.717, 1.165) is 49.0 Å². The van der Waals surface area contributed by atoms with Crippen molar-refractivity contribution in [3.05, 3.63) is 75.6 Å². The molecule has 8 nitrogen and oxygen atoms in total. The quantitative estimate of drug-likeness (QED) is 0.387. The summed E-state index contributed by atoms with van der Waals surface area (Å²) in [5.74, 6) is -0.0517. The molecule has 1 aromatic heterocycles. The third-order valence-corrected chi connectivity index (χ3v) is 5.29. The number of methoxy groups -OCH3 is 1. The summed E-state index contributed by atoms with van der Waals surface area (Å²) in [7, 11) is 1.45. The van der Waals surface area contributed by atoms with Crippen molar-refractivity contribution in [3.8, 4) is 11.4 Å². The van der Waals surface area contributed by atoms with Crippen molar-refractivity contribution >= 4 is 17.3 Å². The number of ether oxygens (including phenoxy) is 1. The summed E-state index contributed by atoms with van der Waals surface area (Å²) in [6, 6.07) is 13.8. The highest BCUT2D eigenvalue weighted by molar-refractivity contribution is 6.05. The molecule has 8 heteroatoms. The molecule has 1 heterocycles. The molecule has 0 fully saturated rings. The summed E-state index contributed by atoms with van der Waals surface area (Å²) in [6.45, 7) is 0. The number of hydrogen-bond donors (Lipinski definition) is 1. The standard InChI is InChI=1S/C22H22N4O4/c1-30-20-13-12-16(26(28)29)14-18(20)23-22(27)21-17-10-6-3-7-11-19(17)25(24-21)15-8-4-2-5-9-15/h2,4-5,8-9,12-14H,3,6-7,10-11H2,1H3,(H,23,27). The molecule has 0 radical (unpaired) electrons. The van der Waals surface area contributed by atoms with Gasteiger partial charge in [0, 0.05) is 23.4 Å². The van der Waals surface area contributed by atoms with Crippen molar-refractivity contribution in [2.75, 3.05) is 12.4 Å². The Morgan fingerprint density at radius 2 is 1.90 bits per heavy atom. The number of amides is 1. The number of nitrogens with one attached hydrogen (secondary N) is 1. The number of non-ortho nitro benzene ring substituents is 1. The van der Waals surface area contributed by atoms with Gasteiger partial charge < -0.3 is 10.1 Å². The van der Waals surface area contributed by atoms with Crippen LogP contribution in [0.5, 0.6) is 5.75 Å². The van der Waals surface area contributed by atoms with Crippen LogP contribution < -0.4 is 10.1 Å². The SMILES string of the molecule is COc1ccc([N+](=O)[O-])cc1NC(=O)c1nn(-c2ccccc2)c2c1CCCCC2. The molecule has 154 valence electrons. The Bertz CT molecular complexity index is 1090. The summed E-state index contributed by atoms with van der Waals surface area (Å²) >= 11 is 0. The number of nitrogens with zero attached hydrogens (tertiary/aromatic N) is 3. The Hall–Kier alpha value is -3.68. The average molecular weight is 406 g/mol. The zero-order valence-electron chi connectivity index (χ0n) is 16.6. The second-order valence-electron chi connectivity index (χ2n) is 7.18. The first kappa shape index (κ1) is 19.6. The lowest BCUT2D eigenvalue weighted by molar-refractivity contribution is -0.384. The van der Waals surface area contributed by atoms with E-state index >= 15 is 0 Å². The van der Waals surface area contributed by atoms with Gasteiger partial charge in [0.05, 0.1) is 23.4 Å². The van der Waals surface area contributed by atoms with Gasteiger partial charge in [-0.1, -0.05) is 24.6 Å². The van der Waals surface area contributed by atoms with E-state index in [4.69, 9.17) is 4.74 Å². The Labute approximate surface area is 173 Å². The Balaban J connectivity index is 1.74. The number of fused-ring (bicyclic) bond motifs is 1. The van der Waals surface area contributed by atoms with Gasteiger partial charge in [-0.15, -0.1) is 0 Å². The van der Waals surface area contributed by atoms with Crippen LogP contribution in [-0.2, 0) is 12.8 Å². The molecule has 4 rings (SSSR count). The molecule has 0 spiro atoms. The first-order valence-electron chi connectivity index (χ1n) is 9.88. The zero-order valence-corrected chi connectivity index (χ0v) is 16.6. The van der Waals surface area contributed by atoms with Gasteiger partial charge in [-0.3, -0.25) is 14.9 Å². The van der Waals surface area contributed by atoms with E-state index < -0.39 is 10.8 Å². The maximum Gasteiger partial charge on any atom is 0.276 e. The third kappa shape index (κ3) is 3.76. The summed E-state index contributed by atoms with van der Waals surface area (Å²) in [6.07, 6.45) is 4.77. The number of anilines is 1. The minimum Gasteiger partial charge on any atom is -0.495 e. The fourth-order valence-corrected chi connectivity index (χ4v) is 3.83. The molecule has 1 amide bonds. The predicted octanol–water partition coefficient (Wildman–Crippen LogP) is 4.31. The summed E-state index contributed by atoms with van der Waals surface area (Å²) in [4.78, 5) is 23.8. The highest BCUT2D eigenvalue weighted by Gasteiger charge is 2.25. The van der Waals surface area contributed by atoms with E-state index in [2.05, 4.69) is 10.4 Å². The van der Waals surface area contributed by atoms with E-state index in [1.54, 1.807) is 0 Å². The van der Waals surface area contributed by atoms with Crippen LogP contribution in [0.3, 0.4) is 0 Å². The van der Waals surface area contributed by atoms with Crippen molar-refractivity contribution < 1.29 is 14.5 Å². The number of benzene rings is 2. The molecular formula is C22H22N4O4. The van der Waals surface area contributed by atoms with Crippen molar-refractivity contribution in [3.63, 3.8) is 0 Å². The minimum absolute atomic E-state index is 0.125. The van der Waals surface area contributed by atoms with E-state index in [1.807, 2.05) is 35.0 Å². The monoisotopic (exact) mass is 406 g/mol. The lowest BCUT2D eigenvalue weighted by Gasteiger charge is -2.09. The first-order chi connectivity index (χ1) is 14.6. The number of aromatic nitrogens is 2. The molecule has 1 aliphatic rings. The van der Waals surface area contributed by atoms with Gasteiger partial charge >= 0.3 is 0 Å². The van der Waals surface area contributed by atoms with Crippen molar-refractivity contribution in [2.24, 2.45) is 0 Å². The molecule has 0 atom stereocenters. The second kappa shape index (κ2) is 8.36. The number of nitro groups is 1. The molecule has 0 unspecified atom stereocenters. The number of carbonyl (C=O) groups is 1. The molecule has 1 N–H and O–H groups in total. The van der Waals surface area contributed by atoms with E-state index in [0.29, 0.717) is 11.4 Å². The van der Waals surface area contributed by atoms with Crippen molar-refractivity contribution in [2.45, 2.75) is 32.1 Å². The largest absolute Gasteiger partial charge is 0.495 e. The van der Waals surface area contributed by atoms with E-state index in [-0.39, 0.29) is 11.4 Å². The van der Waals surface area contributed by atoms with Gasteiger partial charge in [0.2, 0.25) is 0 Å². The van der Waals surface area contributed by atoms with Gasteiger partial charge in [0.15, 0.2) is 5.69 Å². The van der Waals surface area contributed by atoms with Gasteiger partial charge in [-0.2, -0.15) is 5.10 Å². The van der Waals surface area contributed by atoms with Gasteiger partial charge in [0.25, 0.3) is 11.6 Å². The lowest BCUT2D eigenvalue weighted by Crippen LogP contribution is -2.15. The normalized spacial score (nSPS) is 13.2. The van der Waals surface area contributed by atoms with Gasteiger partial charge in [-0.25, -0.2) is 4.68 Å². The van der Waals surface area contributed by atoms with Crippen LogP contribution in [0.15, 0.2) is 48.5 Å². The van der Waals surface area contributed by atoms with Crippen LogP contribution in [0.25, 0.3) is 5.69 Å². The van der Waals surface area contributed by atoms with Crippen LogP contribution in [0.4, 0.5) is 11.4 Å². The highest BCUT2D eigenvalue weighted by atomic mass is 16.6. The third-order valence-electron chi connectivity index (χ3n) is 5.29. The second-order valence-corrected chi connectivity index (χ2v) is 7.18. The number of rotatable bonds is 5. The molecule has 0 saturated heterocycles. The zero-order chi connectivity index (χ0) is 21.1. The summed E-state index contributed by atoms with van der Waals surface area (Å²) in [5.41, 5.74) is 3.37. The van der Waals surface area contributed by atoms with Crippen LogP contribution in [-0.4, -0.2) is 27.7 Å². The maximum atomic E-state index is 13.2. The van der Waals surface area contributed by atoms with E-state index in [1.165, 1.54) is 25.3 Å². The van der Waals surface area contributed by atoms with Crippen LogP contribution in [0.1, 0.15) is 41.0 Å². The number of para-hydroxylation sites is 1. The molecule has 3 aromatic rings. The topological polar surface area (TPSA) is 99.3 Å². The molecule has 0 aliphatic heterocycles. The Morgan fingerprint density at radius 1 is 1.13 bits per heavy atom. The molecular weight excluding hydrogens is 384 g/mol. The maximum absolute atomic E-state index is 13.2. The van der Waals surface area contributed by atoms with E-state index in [9.17, 15) is 14.9 Å². The molecule has 0 saturated carbocycles. The minimum atomic E-state index is -0.509. The molecule has 1 aliphatic carbocycles. The number of hydrogen-bond acceptors (Lipinski definition) is 5. The summed E-state index contributed by atoms with van der Waals surface area (Å²) < 4.78 is 7.11. The van der Waals surface area contributed by atoms with Crippen LogP contribution >= 0.6 is 0 Å². The molecule has 2 aromatic carbocycles. The number of carbonyl (C=O) groups excluding carboxylic acids is 1. The van der Waals surface area contributed by atoms with Crippen LogP contribution in [0.2, 0.25) is 0 Å². The Kier molecular flexibility index (Phi) is 5.47. The van der Waals surface area contributed by atoms with Gasteiger partial charge in [-0.05, 0) is 43.9 Å². The lowest BCUT2D eigenvalue weighted by atomic mass is 10.1. The molecule has 30 heavy (non-hydrogen) atoms. The summed E-state index contributed by atoms with van der Waals surface area (Å²) in [5, 5.41) is 18.5. The van der Waals surface area contributed by atoms with Crippen molar-refractivity contribution in [1.29, 1.82) is 0 Å². The fourth-order valence-electron chi connectivity index (χ4n) is 3.83. The van der Waals surface area contributed by atoms with Crippen molar-refractivity contribution in [1.82, 2.24) is 9.78 Å². The van der Waals surface area contributed by atoms with Crippen LogP contribution in [0, 0.1) is 10.1 Å². The smallest absolute Gasteiger partial charge is 0.276 e. The molecule has 0 bridgehead atoms.